The van der Waals surface area contributed by atoms with Crippen molar-refractivity contribution in [2.45, 2.75) is 35.5 Å². The first-order chi connectivity index (χ1) is 15.0. The Balaban J connectivity index is 1.65. The number of carbonyl (C=O) groups is 2. The summed E-state index contributed by atoms with van der Waals surface area (Å²) in [6.07, 6.45) is 2.56. The molecule has 0 aliphatic carbocycles. The zero-order valence-corrected chi connectivity index (χ0v) is 19.8. The van der Waals surface area contributed by atoms with Crippen LogP contribution in [0.1, 0.15) is 46.4 Å². The molecule has 8 nitrogen and oxygen atoms in total. The standard InChI is InChI=1S/C20H20Cl2O8S2/c21-31(25,26)17-9-5-7-15(13-17)19(23)29-11-3-1-2-4-12-30-20(24)16-8-6-10-18(14-16)32(22,27)28/h5-10,13-14H,1-4,11-12H2. The molecule has 12 heteroatoms. The van der Waals surface area contributed by atoms with Crippen LogP contribution in [0.3, 0.4) is 0 Å². The van der Waals surface area contributed by atoms with Gasteiger partial charge in [-0.05, 0) is 62.1 Å². The third-order valence-corrected chi connectivity index (χ3v) is 6.91. The number of esters is 2. The van der Waals surface area contributed by atoms with Crippen molar-refractivity contribution in [2.75, 3.05) is 13.2 Å². The van der Waals surface area contributed by atoms with Gasteiger partial charge in [0, 0.05) is 21.4 Å². The number of benzene rings is 2. The average Bonchev–Trinajstić information content (AvgIpc) is 2.74. The molecule has 0 atom stereocenters. The lowest BCUT2D eigenvalue weighted by atomic mass is 10.2. The summed E-state index contributed by atoms with van der Waals surface area (Å²) < 4.78 is 55.5. The first-order valence-corrected chi connectivity index (χ1v) is 14.0. The summed E-state index contributed by atoms with van der Waals surface area (Å²) in [7, 11) is 2.65. The Hall–Kier alpha value is -2.14. The van der Waals surface area contributed by atoms with Crippen molar-refractivity contribution < 1.29 is 35.9 Å². The first kappa shape index (κ1) is 26.1. The summed E-state index contributed by atoms with van der Waals surface area (Å²) >= 11 is 0. The lowest BCUT2D eigenvalue weighted by Gasteiger charge is -2.07. The minimum Gasteiger partial charge on any atom is -0.462 e. The Morgan fingerprint density at radius 2 is 1.03 bits per heavy atom. The van der Waals surface area contributed by atoms with Crippen LogP contribution in [0.15, 0.2) is 58.3 Å². The molecule has 2 rings (SSSR count). The van der Waals surface area contributed by atoms with Crippen molar-refractivity contribution in [3.05, 3.63) is 59.7 Å². The molecule has 0 N–H and O–H groups in total. The zero-order valence-electron chi connectivity index (χ0n) is 16.7. The van der Waals surface area contributed by atoms with E-state index in [1.165, 1.54) is 36.4 Å². The quantitative estimate of drug-likeness (QED) is 0.245. The van der Waals surface area contributed by atoms with Gasteiger partial charge < -0.3 is 9.47 Å². The molecule has 0 saturated heterocycles. The third-order valence-electron chi connectivity index (χ3n) is 4.21. The van der Waals surface area contributed by atoms with Gasteiger partial charge in [0.2, 0.25) is 0 Å². The van der Waals surface area contributed by atoms with Gasteiger partial charge in [-0.25, -0.2) is 26.4 Å². The lowest BCUT2D eigenvalue weighted by molar-refractivity contribution is 0.0473. The van der Waals surface area contributed by atoms with Crippen LogP contribution in [-0.2, 0) is 27.6 Å². The predicted octanol–water partition coefficient (Wildman–Crippen LogP) is 4.12. The molecule has 32 heavy (non-hydrogen) atoms. The largest absolute Gasteiger partial charge is 0.462 e. The second kappa shape index (κ2) is 11.6. The molecule has 0 fully saturated rings. The van der Waals surface area contributed by atoms with E-state index in [1.54, 1.807) is 0 Å². The van der Waals surface area contributed by atoms with Crippen LogP contribution in [0.5, 0.6) is 0 Å². The molecule has 174 valence electrons. The van der Waals surface area contributed by atoms with E-state index < -0.39 is 30.0 Å². The van der Waals surface area contributed by atoms with E-state index in [9.17, 15) is 26.4 Å². The molecule has 0 heterocycles. The average molecular weight is 523 g/mol. The van der Waals surface area contributed by atoms with Crippen molar-refractivity contribution in [1.29, 1.82) is 0 Å². The predicted molar refractivity (Wildman–Crippen MR) is 118 cm³/mol. The molecule has 0 saturated carbocycles. The third kappa shape index (κ3) is 8.42. The molecule has 0 aliphatic heterocycles. The van der Waals surface area contributed by atoms with Crippen molar-refractivity contribution in [2.24, 2.45) is 0 Å². The second-order valence-electron chi connectivity index (χ2n) is 6.62. The van der Waals surface area contributed by atoms with Gasteiger partial charge in [-0.1, -0.05) is 12.1 Å². The summed E-state index contributed by atoms with van der Waals surface area (Å²) in [5.74, 6) is -1.30. The Morgan fingerprint density at radius 1 is 0.656 bits per heavy atom. The van der Waals surface area contributed by atoms with Crippen LogP contribution in [0.4, 0.5) is 0 Å². The number of halogens is 2. The highest BCUT2D eigenvalue weighted by Crippen LogP contribution is 2.18. The molecule has 0 bridgehead atoms. The highest BCUT2D eigenvalue weighted by Gasteiger charge is 2.15. The summed E-state index contributed by atoms with van der Waals surface area (Å²) in [4.78, 5) is 23.6. The summed E-state index contributed by atoms with van der Waals surface area (Å²) in [5, 5.41) is 0. The SMILES string of the molecule is O=C(OCCCCCCOC(=O)c1cccc(S(=O)(=O)Cl)c1)c1cccc(S(=O)(=O)Cl)c1. The molecule has 0 amide bonds. The van der Waals surface area contributed by atoms with Gasteiger partial charge in [0.1, 0.15) is 0 Å². The molecule has 2 aromatic rings. The lowest BCUT2D eigenvalue weighted by Crippen LogP contribution is -2.08. The fraction of sp³-hybridized carbons (Fsp3) is 0.300. The molecule has 0 spiro atoms. The van der Waals surface area contributed by atoms with Crippen LogP contribution in [0.25, 0.3) is 0 Å². The number of carbonyl (C=O) groups excluding carboxylic acids is 2. The van der Waals surface area contributed by atoms with Gasteiger partial charge >= 0.3 is 11.9 Å². The molecule has 2 aromatic carbocycles. The van der Waals surface area contributed by atoms with E-state index in [-0.39, 0.29) is 34.1 Å². The topological polar surface area (TPSA) is 121 Å². The van der Waals surface area contributed by atoms with Crippen molar-refractivity contribution in [1.82, 2.24) is 0 Å². The minimum absolute atomic E-state index is 0.0877. The Bertz CT molecular complexity index is 1080. The van der Waals surface area contributed by atoms with Gasteiger partial charge in [0.05, 0.1) is 34.1 Å². The minimum atomic E-state index is -3.93. The number of hydrogen-bond acceptors (Lipinski definition) is 8. The van der Waals surface area contributed by atoms with Gasteiger partial charge in [-0.2, -0.15) is 0 Å². The monoisotopic (exact) mass is 522 g/mol. The highest BCUT2D eigenvalue weighted by atomic mass is 35.7. The molecule has 0 unspecified atom stereocenters. The second-order valence-corrected chi connectivity index (χ2v) is 11.7. The maximum absolute atomic E-state index is 12.0. The molecule has 0 radical (unpaired) electrons. The molecule has 0 aromatic heterocycles. The van der Waals surface area contributed by atoms with E-state index in [2.05, 4.69) is 0 Å². The number of unbranched alkanes of at least 4 members (excludes halogenated alkanes) is 3. The van der Waals surface area contributed by atoms with Crippen molar-refractivity contribution >= 4 is 51.4 Å². The van der Waals surface area contributed by atoms with Gasteiger partial charge in [-0.15, -0.1) is 0 Å². The summed E-state index contributed by atoms with van der Waals surface area (Å²) in [6.45, 7) is 0.298. The Labute approximate surface area is 195 Å². The van der Waals surface area contributed by atoms with Gasteiger partial charge in [0.15, 0.2) is 0 Å². The van der Waals surface area contributed by atoms with Gasteiger partial charge in [0.25, 0.3) is 18.1 Å². The van der Waals surface area contributed by atoms with Crippen LogP contribution < -0.4 is 0 Å². The summed E-state index contributed by atoms with van der Waals surface area (Å²) in [5.41, 5.74) is 0.175. The molecular formula is C20H20Cl2O8S2. The highest BCUT2D eigenvalue weighted by molar-refractivity contribution is 8.14. The first-order valence-electron chi connectivity index (χ1n) is 9.42. The van der Waals surface area contributed by atoms with E-state index >= 15 is 0 Å². The van der Waals surface area contributed by atoms with E-state index in [4.69, 9.17) is 30.8 Å². The van der Waals surface area contributed by atoms with Crippen LogP contribution in [0.2, 0.25) is 0 Å². The summed E-state index contributed by atoms with van der Waals surface area (Å²) in [6, 6.07) is 10.5. The number of hydrogen-bond donors (Lipinski definition) is 0. The smallest absolute Gasteiger partial charge is 0.338 e. The van der Waals surface area contributed by atoms with E-state index in [0.717, 1.165) is 12.1 Å². The number of rotatable bonds is 11. The van der Waals surface area contributed by atoms with E-state index in [1.807, 2.05) is 0 Å². The van der Waals surface area contributed by atoms with Crippen molar-refractivity contribution in [3.63, 3.8) is 0 Å². The van der Waals surface area contributed by atoms with E-state index in [0.29, 0.717) is 25.7 Å². The molecular weight excluding hydrogens is 503 g/mol. The van der Waals surface area contributed by atoms with Gasteiger partial charge in [-0.3, -0.25) is 0 Å². The molecule has 0 aliphatic rings. The van der Waals surface area contributed by atoms with Crippen molar-refractivity contribution in [3.8, 4) is 0 Å². The normalized spacial score (nSPS) is 11.7. The van der Waals surface area contributed by atoms with Crippen LogP contribution >= 0.6 is 21.4 Å². The fourth-order valence-electron chi connectivity index (χ4n) is 2.60. The maximum Gasteiger partial charge on any atom is 0.338 e. The van der Waals surface area contributed by atoms with Crippen LogP contribution in [-0.4, -0.2) is 42.0 Å². The Morgan fingerprint density at radius 3 is 1.38 bits per heavy atom. The fourth-order valence-corrected chi connectivity index (χ4v) is 4.20. The maximum atomic E-state index is 12.0. The van der Waals surface area contributed by atoms with Crippen LogP contribution in [0, 0.1) is 0 Å². The number of ether oxygens (including phenoxy) is 2. The Kier molecular flexibility index (Phi) is 9.50. The zero-order chi connectivity index (χ0) is 23.8.